The van der Waals surface area contributed by atoms with E-state index in [1.165, 1.54) is 167 Å². The average Bonchev–Trinajstić information content (AvgIpc) is 3.02. The van der Waals surface area contributed by atoms with Crippen LogP contribution in [0.15, 0.2) is 0 Å². The summed E-state index contributed by atoms with van der Waals surface area (Å²) in [5, 5.41) is 28.5. The molecule has 1 N–H and O–H groups in total. The van der Waals surface area contributed by atoms with Crippen molar-refractivity contribution < 1.29 is 41.4 Å². The van der Waals surface area contributed by atoms with Crippen LogP contribution in [-0.2, 0) is 26.1 Å². The summed E-state index contributed by atoms with van der Waals surface area (Å²) in [6.07, 6.45) is 41.8. The van der Waals surface area contributed by atoms with Crippen molar-refractivity contribution in [2.24, 2.45) is 0 Å². The number of carboxylic acids is 2. The van der Waals surface area contributed by atoms with E-state index >= 15 is 0 Å². The van der Waals surface area contributed by atoms with Crippen LogP contribution < -0.4 is 10.2 Å². The van der Waals surface area contributed by atoms with Crippen molar-refractivity contribution >= 4 is 11.9 Å². The normalized spacial score (nSPS) is 10.3. The second-order valence-electron chi connectivity index (χ2n) is 13.2. The summed E-state index contributed by atoms with van der Waals surface area (Å²) in [6.45, 7) is 6.93. The third kappa shape index (κ3) is 62.3. The van der Waals surface area contributed by atoms with Gasteiger partial charge < -0.3 is 24.9 Å². The first kappa shape index (κ1) is 52.2. The Kier molecular flexibility index (Phi) is 58.2. The molecule has 0 fully saturated rings. The molecule has 0 aromatic heterocycles. The van der Waals surface area contributed by atoms with E-state index in [0.717, 1.165) is 38.5 Å². The molecule has 0 saturated carbocycles. The second kappa shape index (κ2) is 51.2. The van der Waals surface area contributed by atoms with Crippen molar-refractivity contribution in [3.05, 3.63) is 0 Å². The van der Waals surface area contributed by atoms with Gasteiger partial charge in [-0.15, -0.1) is 0 Å². The van der Waals surface area contributed by atoms with Gasteiger partial charge in [0.1, 0.15) is 0 Å². The van der Waals surface area contributed by atoms with Crippen molar-refractivity contribution in [2.75, 3.05) is 6.61 Å². The van der Waals surface area contributed by atoms with Gasteiger partial charge in [-0.2, -0.15) is 0 Å². The number of hydrogen-bond donors (Lipinski definition) is 1. The smallest absolute Gasteiger partial charge is 0.550 e. The van der Waals surface area contributed by atoms with E-state index in [1.807, 2.05) is 0 Å². The molecule has 0 aromatic carbocycles. The minimum absolute atomic E-state index is 0. The van der Waals surface area contributed by atoms with E-state index in [-0.39, 0.29) is 29.3 Å². The van der Waals surface area contributed by atoms with E-state index < -0.39 is 11.9 Å². The van der Waals surface area contributed by atoms with E-state index in [0.29, 0.717) is 6.61 Å². The third-order valence-electron chi connectivity index (χ3n) is 8.48. The predicted molar refractivity (Wildman–Crippen MR) is 191 cm³/mol. The molecule has 0 rings (SSSR count). The van der Waals surface area contributed by atoms with Crippen LogP contribution >= 0.6 is 0 Å². The van der Waals surface area contributed by atoms with Gasteiger partial charge in [0.15, 0.2) is 0 Å². The third-order valence-corrected chi connectivity index (χ3v) is 8.48. The SMILES string of the molecule is CCCCCCCCCCCCCCCCCC(=O)[O-].CCCCCCCCCCCCCCCCCC(=O)[O-].CCCCO.[Ni+2]. The van der Waals surface area contributed by atoms with E-state index in [4.69, 9.17) is 5.11 Å². The summed E-state index contributed by atoms with van der Waals surface area (Å²) < 4.78 is 0. The molecule has 0 amide bonds. The Hall–Kier alpha value is -0.606. The number of carbonyl (C=O) groups excluding carboxylic acids is 2. The predicted octanol–water partition coefficient (Wildman–Crippen LogP) is 10.8. The molecule has 0 aliphatic carbocycles. The van der Waals surface area contributed by atoms with Crippen molar-refractivity contribution in [3.63, 3.8) is 0 Å². The molecule has 0 bridgehead atoms. The number of rotatable bonds is 34. The topological polar surface area (TPSA) is 100 Å². The Morgan fingerprint density at radius 3 is 0.652 bits per heavy atom. The number of hydrogen-bond acceptors (Lipinski definition) is 5. The molecule has 5 nitrogen and oxygen atoms in total. The van der Waals surface area contributed by atoms with Crippen molar-refractivity contribution in [2.45, 2.75) is 239 Å². The maximum atomic E-state index is 10.2. The maximum absolute atomic E-state index is 10.2. The largest absolute Gasteiger partial charge is 2.00 e. The van der Waals surface area contributed by atoms with Gasteiger partial charge >= 0.3 is 16.5 Å². The molecule has 0 radical (unpaired) electrons. The van der Waals surface area contributed by atoms with Crippen LogP contribution in [0.1, 0.15) is 239 Å². The van der Waals surface area contributed by atoms with Crippen molar-refractivity contribution in [1.82, 2.24) is 0 Å². The van der Waals surface area contributed by atoms with Gasteiger partial charge in [-0.05, 0) is 32.1 Å². The van der Waals surface area contributed by atoms with Crippen molar-refractivity contribution in [3.8, 4) is 0 Å². The summed E-state index contributed by atoms with van der Waals surface area (Å²) >= 11 is 0. The molecular weight excluding hydrogens is 619 g/mol. The van der Waals surface area contributed by atoms with Crippen LogP contribution in [0.3, 0.4) is 0 Å². The quantitative estimate of drug-likeness (QED) is 0.0532. The molecule has 0 aromatic rings. The summed E-state index contributed by atoms with van der Waals surface area (Å²) in [4.78, 5) is 20.4. The molecule has 0 aliphatic rings. The number of aliphatic carboxylic acids is 2. The standard InChI is InChI=1S/2C18H36O2.C4H10O.Ni/c2*1-2-3-4-5-6-7-8-9-10-11-12-13-14-15-16-17-18(19)20;1-2-3-4-5;/h2*2-17H2,1H3,(H,19,20);5H,2-4H2,1H3;/q;;;+2/p-2. The van der Waals surface area contributed by atoms with Crippen LogP contribution in [-0.4, -0.2) is 23.7 Å². The summed E-state index contributed by atoms with van der Waals surface area (Å²) in [7, 11) is 0. The van der Waals surface area contributed by atoms with Gasteiger partial charge in [0.2, 0.25) is 0 Å². The molecule has 0 heterocycles. The van der Waals surface area contributed by atoms with Crippen molar-refractivity contribution in [1.29, 1.82) is 0 Å². The van der Waals surface area contributed by atoms with Gasteiger partial charge in [0.25, 0.3) is 0 Å². The molecule has 0 unspecified atom stereocenters. The molecule has 0 saturated heterocycles. The Bertz CT molecular complexity index is 498. The number of unbranched alkanes of at least 4 members (excludes halogenated alkanes) is 29. The minimum atomic E-state index is -0.903. The molecular formula is C40H80NiO5. The Balaban J connectivity index is -0.000000327. The number of carboxylic acid groups (broad SMARTS) is 2. The first-order chi connectivity index (χ1) is 22.0. The van der Waals surface area contributed by atoms with Gasteiger partial charge in [-0.25, -0.2) is 0 Å². The van der Waals surface area contributed by atoms with Crippen LogP contribution in [0.25, 0.3) is 0 Å². The number of aliphatic hydroxyl groups excluding tert-OH is 1. The first-order valence-electron chi connectivity index (χ1n) is 20.0. The van der Waals surface area contributed by atoms with Gasteiger partial charge in [-0.1, -0.05) is 207 Å². The molecule has 0 spiro atoms. The zero-order valence-corrected chi connectivity index (χ0v) is 32.1. The average molecular weight is 700 g/mol. The summed E-state index contributed by atoms with van der Waals surface area (Å²) in [5.41, 5.74) is 0. The van der Waals surface area contributed by atoms with E-state index in [9.17, 15) is 19.8 Å². The molecule has 6 heteroatoms. The maximum Gasteiger partial charge on any atom is 2.00 e. The fraction of sp³-hybridized carbons (Fsp3) is 0.950. The van der Waals surface area contributed by atoms with Crippen LogP contribution in [0, 0.1) is 0 Å². The van der Waals surface area contributed by atoms with Crippen LogP contribution in [0.2, 0.25) is 0 Å². The zero-order chi connectivity index (χ0) is 33.9. The minimum Gasteiger partial charge on any atom is -0.550 e. The zero-order valence-electron chi connectivity index (χ0n) is 31.1. The Labute approximate surface area is 298 Å². The summed E-state index contributed by atoms with van der Waals surface area (Å²) in [6, 6.07) is 0. The molecule has 280 valence electrons. The molecule has 0 aliphatic heterocycles. The molecule has 46 heavy (non-hydrogen) atoms. The Morgan fingerprint density at radius 2 is 0.522 bits per heavy atom. The number of aliphatic hydroxyl groups is 1. The van der Waals surface area contributed by atoms with Gasteiger partial charge in [0, 0.05) is 18.5 Å². The second-order valence-corrected chi connectivity index (χ2v) is 13.2. The fourth-order valence-corrected chi connectivity index (χ4v) is 5.44. The van der Waals surface area contributed by atoms with E-state index in [2.05, 4.69) is 20.8 Å². The monoisotopic (exact) mass is 699 g/mol. The molecule has 0 atom stereocenters. The van der Waals surface area contributed by atoms with Gasteiger partial charge in [0.05, 0.1) is 0 Å². The first-order valence-corrected chi connectivity index (χ1v) is 20.0. The van der Waals surface area contributed by atoms with Crippen LogP contribution in [0.5, 0.6) is 0 Å². The summed E-state index contributed by atoms with van der Waals surface area (Å²) in [5.74, 6) is -1.81. The fourth-order valence-electron chi connectivity index (χ4n) is 5.44. The Morgan fingerprint density at radius 1 is 0.348 bits per heavy atom. The number of carbonyl (C=O) groups is 2. The van der Waals surface area contributed by atoms with Crippen LogP contribution in [0.4, 0.5) is 0 Å². The van der Waals surface area contributed by atoms with Gasteiger partial charge in [-0.3, -0.25) is 0 Å². The van der Waals surface area contributed by atoms with E-state index in [1.54, 1.807) is 0 Å².